The summed E-state index contributed by atoms with van der Waals surface area (Å²) in [6.45, 7) is 6.40. The Labute approximate surface area is 92.1 Å². The summed E-state index contributed by atoms with van der Waals surface area (Å²) in [5, 5.41) is 8.68. The zero-order valence-corrected chi connectivity index (χ0v) is 10.0. The van der Waals surface area contributed by atoms with E-state index in [1.165, 1.54) is 48.9 Å². The highest BCUT2D eigenvalue weighted by molar-refractivity contribution is 5.31. The molecule has 0 spiro atoms. The predicted molar refractivity (Wildman–Crippen MR) is 62.1 cm³/mol. The van der Waals surface area contributed by atoms with Gasteiger partial charge >= 0.3 is 0 Å². The molecule has 1 aliphatic carbocycles. The summed E-state index contributed by atoms with van der Waals surface area (Å²) < 4.78 is 0. The van der Waals surface area contributed by atoms with Crippen LogP contribution in [0.1, 0.15) is 60.5 Å². The first-order valence-electron chi connectivity index (χ1n) is 6.00. The van der Waals surface area contributed by atoms with Crippen LogP contribution in [0.2, 0.25) is 0 Å². The van der Waals surface area contributed by atoms with Gasteiger partial charge in [-0.15, -0.1) is 0 Å². The van der Waals surface area contributed by atoms with Crippen LogP contribution in [0.25, 0.3) is 0 Å². The minimum Gasteiger partial charge on any atom is -0.155 e. The Bertz CT molecular complexity index is 352. The number of hydrogen-bond donors (Lipinski definition) is 0. The van der Waals surface area contributed by atoms with Gasteiger partial charge in [0.05, 0.1) is 11.4 Å². The lowest BCUT2D eigenvalue weighted by Crippen LogP contribution is -2.11. The van der Waals surface area contributed by atoms with E-state index in [0.29, 0.717) is 5.92 Å². The highest BCUT2D eigenvalue weighted by Crippen LogP contribution is 2.33. The lowest BCUT2D eigenvalue weighted by atomic mass is 9.84. The second kappa shape index (κ2) is 4.30. The first-order valence-corrected chi connectivity index (χ1v) is 6.00. The van der Waals surface area contributed by atoms with Crippen molar-refractivity contribution in [3.63, 3.8) is 0 Å². The topological polar surface area (TPSA) is 25.8 Å². The van der Waals surface area contributed by atoms with Crippen LogP contribution in [-0.4, -0.2) is 10.2 Å². The summed E-state index contributed by atoms with van der Waals surface area (Å²) in [4.78, 5) is 0. The molecule has 2 heteroatoms. The monoisotopic (exact) mass is 204 g/mol. The van der Waals surface area contributed by atoms with Gasteiger partial charge in [0, 0.05) is 5.92 Å². The first kappa shape index (κ1) is 10.6. The van der Waals surface area contributed by atoms with Gasteiger partial charge < -0.3 is 0 Å². The van der Waals surface area contributed by atoms with E-state index in [0.717, 1.165) is 5.69 Å². The van der Waals surface area contributed by atoms with Crippen LogP contribution < -0.4 is 0 Å². The van der Waals surface area contributed by atoms with Crippen molar-refractivity contribution in [2.24, 2.45) is 0 Å². The fraction of sp³-hybridized carbons (Fsp3) is 0.692. The van der Waals surface area contributed by atoms with Crippen LogP contribution in [0.3, 0.4) is 0 Å². The SMILES string of the molecule is Cc1nnc(C2CCCCC2)c(C)c1C. The van der Waals surface area contributed by atoms with Crippen molar-refractivity contribution < 1.29 is 0 Å². The smallest absolute Gasteiger partial charge is 0.0693 e. The van der Waals surface area contributed by atoms with E-state index in [9.17, 15) is 0 Å². The van der Waals surface area contributed by atoms with Gasteiger partial charge in [-0.3, -0.25) is 0 Å². The number of rotatable bonds is 1. The van der Waals surface area contributed by atoms with E-state index in [2.05, 4.69) is 24.0 Å². The Morgan fingerprint density at radius 3 is 2.20 bits per heavy atom. The lowest BCUT2D eigenvalue weighted by Gasteiger charge is -2.22. The Kier molecular flexibility index (Phi) is 3.03. The summed E-state index contributed by atoms with van der Waals surface area (Å²) in [6.07, 6.45) is 6.72. The van der Waals surface area contributed by atoms with E-state index in [1.54, 1.807) is 0 Å². The fourth-order valence-corrected chi connectivity index (χ4v) is 2.51. The molecule has 0 bridgehead atoms. The van der Waals surface area contributed by atoms with E-state index >= 15 is 0 Å². The highest BCUT2D eigenvalue weighted by atomic mass is 15.1. The summed E-state index contributed by atoms with van der Waals surface area (Å²) in [6, 6.07) is 0. The molecule has 0 saturated heterocycles. The molecule has 0 atom stereocenters. The Morgan fingerprint density at radius 1 is 0.867 bits per heavy atom. The molecular formula is C13H20N2. The standard InChI is InChI=1S/C13H20N2/c1-9-10(2)13(15-14-11(9)3)12-7-5-4-6-8-12/h12H,4-8H2,1-3H3. The minimum atomic E-state index is 0.672. The molecule has 0 radical (unpaired) electrons. The maximum atomic E-state index is 4.41. The van der Waals surface area contributed by atoms with Gasteiger partial charge in [-0.05, 0) is 44.7 Å². The second-order valence-electron chi connectivity index (χ2n) is 4.76. The van der Waals surface area contributed by atoms with Crippen LogP contribution in [0.5, 0.6) is 0 Å². The van der Waals surface area contributed by atoms with Crippen LogP contribution >= 0.6 is 0 Å². The van der Waals surface area contributed by atoms with E-state index in [1.807, 2.05) is 6.92 Å². The molecule has 2 nitrogen and oxygen atoms in total. The molecule has 82 valence electrons. The van der Waals surface area contributed by atoms with Gasteiger partial charge in [0.15, 0.2) is 0 Å². The maximum Gasteiger partial charge on any atom is 0.0693 e. The number of nitrogens with zero attached hydrogens (tertiary/aromatic N) is 2. The number of hydrogen-bond acceptors (Lipinski definition) is 2. The summed E-state index contributed by atoms with van der Waals surface area (Å²) in [7, 11) is 0. The van der Waals surface area contributed by atoms with E-state index < -0.39 is 0 Å². The molecule has 1 fully saturated rings. The van der Waals surface area contributed by atoms with Gasteiger partial charge in [-0.2, -0.15) is 10.2 Å². The lowest BCUT2D eigenvalue weighted by molar-refractivity contribution is 0.431. The van der Waals surface area contributed by atoms with Crippen molar-refractivity contribution in [1.82, 2.24) is 10.2 Å². The van der Waals surface area contributed by atoms with Gasteiger partial charge in [-0.1, -0.05) is 19.3 Å². The van der Waals surface area contributed by atoms with Crippen LogP contribution in [0.4, 0.5) is 0 Å². The third-order valence-corrected chi connectivity index (χ3v) is 3.79. The molecule has 0 unspecified atom stereocenters. The summed E-state index contributed by atoms with van der Waals surface area (Å²) >= 11 is 0. The van der Waals surface area contributed by atoms with Crippen molar-refractivity contribution >= 4 is 0 Å². The maximum absolute atomic E-state index is 4.41. The number of aryl methyl sites for hydroxylation is 1. The molecule has 1 aromatic rings. The van der Waals surface area contributed by atoms with E-state index in [4.69, 9.17) is 0 Å². The number of aromatic nitrogens is 2. The van der Waals surface area contributed by atoms with Crippen molar-refractivity contribution in [3.05, 3.63) is 22.5 Å². The zero-order chi connectivity index (χ0) is 10.8. The molecule has 1 heterocycles. The zero-order valence-electron chi connectivity index (χ0n) is 10.0. The van der Waals surface area contributed by atoms with Gasteiger partial charge in [0.25, 0.3) is 0 Å². The third-order valence-electron chi connectivity index (χ3n) is 3.79. The molecular weight excluding hydrogens is 184 g/mol. The molecule has 0 amide bonds. The molecule has 1 aromatic heterocycles. The molecule has 2 rings (SSSR count). The normalized spacial score (nSPS) is 18.1. The van der Waals surface area contributed by atoms with Crippen LogP contribution in [0, 0.1) is 20.8 Å². The Hall–Kier alpha value is -0.920. The summed E-state index contributed by atoms with van der Waals surface area (Å²) in [5.41, 5.74) is 5.03. The van der Waals surface area contributed by atoms with Crippen LogP contribution in [-0.2, 0) is 0 Å². The molecule has 0 aromatic carbocycles. The molecule has 1 aliphatic rings. The average molecular weight is 204 g/mol. The quantitative estimate of drug-likeness (QED) is 0.700. The minimum absolute atomic E-state index is 0.672. The largest absolute Gasteiger partial charge is 0.155 e. The molecule has 15 heavy (non-hydrogen) atoms. The average Bonchev–Trinajstić information content (AvgIpc) is 2.27. The van der Waals surface area contributed by atoms with Crippen molar-refractivity contribution in [3.8, 4) is 0 Å². The van der Waals surface area contributed by atoms with Crippen molar-refractivity contribution in [2.75, 3.05) is 0 Å². The third kappa shape index (κ3) is 2.04. The Morgan fingerprint density at radius 2 is 1.53 bits per heavy atom. The van der Waals surface area contributed by atoms with Crippen LogP contribution in [0.15, 0.2) is 0 Å². The molecule has 0 N–H and O–H groups in total. The fourth-order valence-electron chi connectivity index (χ4n) is 2.51. The van der Waals surface area contributed by atoms with Gasteiger partial charge in [0.1, 0.15) is 0 Å². The second-order valence-corrected chi connectivity index (χ2v) is 4.76. The molecule has 0 aliphatic heterocycles. The Balaban J connectivity index is 2.31. The highest BCUT2D eigenvalue weighted by Gasteiger charge is 2.20. The first-order chi connectivity index (χ1) is 7.20. The summed E-state index contributed by atoms with van der Waals surface area (Å²) in [5.74, 6) is 0.672. The van der Waals surface area contributed by atoms with Crippen molar-refractivity contribution in [1.29, 1.82) is 0 Å². The van der Waals surface area contributed by atoms with Gasteiger partial charge in [0.2, 0.25) is 0 Å². The van der Waals surface area contributed by atoms with E-state index in [-0.39, 0.29) is 0 Å². The van der Waals surface area contributed by atoms with Gasteiger partial charge in [-0.25, -0.2) is 0 Å². The predicted octanol–water partition coefficient (Wildman–Crippen LogP) is 3.45. The molecule has 1 saturated carbocycles. The van der Waals surface area contributed by atoms with Crippen molar-refractivity contribution in [2.45, 2.75) is 58.8 Å².